The number of fused-ring (bicyclic) bond motifs is 1. The van der Waals surface area contributed by atoms with Gasteiger partial charge in [0.1, 0.15) is 0 Å². The van der Waals surface area contributed by atoms with Gasteiger partial charge >= 0.3 is 0 Å². The van der Waals surface area contributed by atoms with Crippen LogP contribution in [0.2, 0.25) is 0 Å². The molecule has 10 heteroatoms. The summed E-state index contributed by atoms with van der Waals surface area (Å²) in [6.45, 7) is 0.527. The fraction of sp³-hybridized carbons (Fsp3) is 0.375. The topological polar surface area (TPSA) is 101 Å². The van der Waals surface area contributed by atoms with E-state index in [1.54, 1.807) is 36.7 Å². The molecule has 2 aliphatic heterocycles. The molecule has 1 aromatic carbocycles. The van der Waals surface area contributed by atoms with Gasteiger partial charge in [0.25, 0.3) is 0 Å². The van der Waals surface area contributed by atoms with Crippen molar-refractivity contribution in [2.75, 3.05) is 29.5 Å². The molecule has 0 spiro atoms. The van der Waals surface area contributed by atoms with Crippen LogP contribution < -0.4 is 4.90 Å². The summed E-state index contributed by atoms with van der Waals surface area (Å²) in [6, 6.07) is 8.65. The smallest absolute Gasteiger partial charge is 0.243 e. The molecular weight excluding hydrogens is 376 g/mol. The van der Waals surface area contributed by atoms with Gasteiger partial charge in [-0.1, -0.05) is 18.2 Å². The predicted octanol–water partition coefficient (Wildman–Crippen LogP) is 0.153. The number of sulfone groups is 1. The molecule has 26 heavy (non-hydrogen) atoms. The molecule has 0 amide bonds. The fourth-order valence-electron chi connectivity index (χ4n) is 3.64. The van der Waals surface area contributed by atoms with Crippen LogP contribution in [-0.4, -0.2) is 67.8 Å². The van der Waals surface area contributed by atoms with Crippen LogP contribution in [0, 0.1) is 0 Å². The van der Waals surface area contributed by atoms with E-state index in [-0.39, 0.29) is 22.9 Å². The predicted molar refractivity (Wildman–Crippen MR) is 95.9 cm³/mol. The molecule has 1 aromatic heterocycles. The molecule has 0 radical (unpaired) electrons. The third kappa shape index (κ3) is 2.97. The number of piperazine rings is 1. The molecule has 8 nitrogen and oxygen atoms in total. The minimum Gasteiger partial charge on any atom is -0.334 e. The molecule has 0 aliphatic carbocycles. The molecule has 3 heterocycles. The Balaban J connectivity index is 1.73. The number of hydrogen-bond donors (Lipinski definition) is 0. The number of hydrogen-bond acceptors (Lipinski definition) is 7. The molecule has 0 N–H and O–H groups in total. The summed E-state index contributed by atoms with van der Waals surface area (Å²) >= 11 is 0. The first-order chi connectivity index (χ1) is 12.4. The summed E-state index contributed by atoms with van der Waals surface area (Å²) in [5.74, 6) is 0.139. The lowest BCUT2D eigenvalue weighted by atomic mass is 10.1. The molecule has 138 valence electrons. The van der Waals surface area contributed by atoms with Crippen molar-refractivity contribution in [2.24, 2.45) is 0 Å². The highest BCUT2D eigenvalue weighted by atomic mass is 32.2. The summed E-state index contributed by atoms with van der Waals surface area (Å²) in [4.78, 5) is 10.4. The van der Waals surface area contributed by atoms with Crippen molar-refractivity contribution in [3.05, 3.63) is 48.8 Å². The van der Waals surface area contributed by atoms with Crippen LogP contribution in [-0.2, 0) is 19.9 Å². The van der Waals surface area contributed by atoms with Gasteiger partial charge in [-0.15, -0.1) is 0 Å². The molecule has 0 bridgehead atoms. The van der Waals surface area contributed by atoms with E-state index < -0.39 is 31.9 Å². The van der Waals surface area contributed by atoms with Crippen LogP contribution in [0.1, 0.15) is 0 Å². The Hall–Kier alpha value is -2.04. The number of nitrogens with zero attached hydrogens (tertiary/aromatic N) is 4. The lowest BCUT2D eigenvalue weighted by Crippen LogP contribution is -2.61. The molecule has 2 aromatic rings. The van der Waals surface area contributed by atoms with Gasteiger partial charge in [0.05, 0.1) is 28.5 Å². The number of aromatic nitrogens is 2. The molecule has 4 rings (SSSR count). The van der Waals surface area contributed by atoms with E-state index in [9.17, 15) is 16.8 Å². The molecular formula is C16H18N4O4S2. The van der Waals surface area contributed by atoms with Crippen molar-refractivity contribution in [2.45, 2.75) is 17.0 Å². The second kappa shape index (κ2) is 6.29. The Kier molecular flexibility index (Phi) is 4.20. The third-order valence-electron chi connectivity index (χ3n) is 4.78. The van der Waals surface area contributed by atoms with Gasteiger partial charge in [0.15, 0.2) is 9.84 Å². The number of anilines is 1. The van der Waals surface area contributed by atoms with Crippen molar-refractivity contribution in [1.29, 1.82) is 0 Å². The van der Waals surface area contributed by atoms with Gasteiger partial charge in [-0.05, 0) is 18.2 Å². The quantitative estimate of drug-likeness (QED) is 0.731. The number of rotatable bonds is 3. The normalized spacial score (nSPS) is 25.8. The zero-order valence-electron chi connectivity index (χ0n) is 13.8. The molecule has 2 aliphatic rings. The SMILES string of the molecule is O=S1(=O)C[C@@H]2[C@H](C1)N(S(=O)(=O)c1ccccc1)CCN2c1ncccn1. The Morgan fingerprint density at radius 3 is 2.27 bits per heavy atom. The van der Waals surface area contributed by atoms with Gasteiger partial charge in [0, 0.05) is 25.5 Å². The van der Waals surface area contributed by atoms with Crippen LogP contribution in [0.25, 0.3) is 0 Å². The maximum Gasteiger partial charge on any atom is 0.243 e. The first-order valence-corrected chi connectivity index (χ1v) is 11.5. The average molecular weight is 394 g/mol. The van der Waals surface area contributed by atoms with Gasteiger partial charge < -0.3 is 4.90 Å². The van der Waals surface area contributed by atoms with Gasteiger partial charge in [-0.3, -0.25) is 0 Å². The summed E-state index contributed by atoms with van der Waals surface area (Å²) in [6.07, 6.45) is 3.18. The largest absolute Gasteiger partial charge is 0.334 e. The van der Waals surface area contributed by atoms with E-state index in [0.717, 1.165) is 0 Å². The van der Waals surface area contributed by atoms with E-state index in [1.165, 1.54) is 16.4 Å². The van der Waals surface area contributed by atoms with Crippen LogP contribution in [0.5, 0.6) is 0 Å². The minimum absolute atomic E-state index is 0.100. The van der Waals surface area contributed by atoms with Crippen molar-refractivity contribution in [3.8, 4) is 0 Å². The first kappa shape index (κ1) is 17.4. The lowest BCUT2D eigenvalue weighted by molar-refractivity contribution is 0.273. The zero-order valence-corrected chi connectivity index (χ0v) is 15.5. The van der Waals surface area contributed by atoms with Crippen molar-refractivity contribution < 1.29 is 16.8 Å². The van der Waals surface area contributed by atoms with Crippen molar-refractivity contribution in [3.63, 3.8) is 0 Å². The van der Waals surface area contributed by atoms with Crippen LogP contribution >= 0.6 is 0 Å². The summed E-state index contributed by atoms with van der Waals surface area (Å²) in [7, 11) is -7.12. The minimum atomic E-state index is -3.77. The second-order valence-corrected chi connectivity index (χ2v) is 10.4. The molecule has 2 saturated heterocycles. The highest BCUT2D eigenvalue weighted by Crippen LogP contribution is 2.32. The third-order valence-corrected chi connectivity index (χ3v) is 8.42. The van der Waals surface area contributed by atoms with Gasteiger partial charge in [-0.2, -0.15) is 4.31 Å². The molecule has 2 fully saturated rings. The van der Waals surface area contributed by atoms with Crippen molar-refractivity contribution >= 4 is 25.8 Å². The molecule has 0 saturated carbocycles. The Morgan fingerprint density at radius 2 is 1.58 bits per heavy atom. The highest BCUT2D eigenvalue weighted by molar-refractivity contribution is 7.92. The van der Waals surface area contributed by atoms with E-state index in [0.29, 0.717) is 12.5 Å². The second-order valence-electron chi connectivity index (χ2n) is 6.38. The standard InChI is InChI=1S/C16H18N4O4S2/c21-25(22)11-14-15(12-25)20(26(23,24)13-5-2-1-3-6-13)10-9-19(14)16-17-7-4-8-18-16/h1-8,14-15H,9-12H2/t14-,15+/m1/s1. The van der Waals surface area contributed by atoms with E-state index in [1.807, 2.05) is 4.90 Å². The van der Waals surface area contributed by atoms with Crippen LogP contribution in [0.4, 0.5) is 5.95 Å². The number of benzene rings is 1. The number of sulfonamides is 1. The lowest BCUT2D eigenvalue weighted by Gasteiger charge is -2.42. The van der Waals surface area contributed by atoms with E-state index in [2.05, 4.69) is 9.97 Å². The van der Waals surface area contributed by atoms with Gasteiger partial charge in [-0.25, -0.2) is 26.8 Å². The maximum absolute atomic E-state index is 13.1. The zero-order chi connectivity index (χ0) is 18.4. The average Bonchev–Trinajstić information content (AvgIpc) is 2.97. The van der Waals surface area contributed by atoms with Crippen molar-refractivity contribution in [1.82, 2.24) is 14.3 Å². The van der Waals surface area contributed by atoms with E-state index in [4.69, 9.17) is 0 Å². The Labute approximate surface area is 152 Å². The monoisotopic (exact) mass is 394 g/mol. The Morgan fingerprint density at radius 1 is 0.923 bits per heavy atom. The fourth-order valence-corrected chi connectivity index (χ4v) is 7.38. The van der Waals surface area contributed by atoms with Crippen LogP contribution in [0.3, 0.4) is 0 Å². The summed E-state index contributed by atoms with van der Waals surface area (Å²) in [5, 5.41) is 0. The Bertz CT molecular complexity index is 997. The van der Waals surface area contributed by atoms with E-state index >= 15 is 0 Å². The molecule has 0 unspecified atom stereocenters. The van der Waals surface area contributed by atoms with Crippen LogP contribution in [0.15, 0.2) is 53.7 Å². The maximum atomic E-state index is 13.1. The van der Waals surface area contributed by atoms with Gasteiger partial charge in [0.2, 0.25) is 16.0 Å². The first-order valence-electron chi connectivity index (χ1n) is 8.19. The highest BCUT2D eigenvalue weighted by Gasteiger charge is 2.51. The molecule has 2 atom stereocenters. The summed E-state index contributed by atoms with van der Waals surface area (Å²) in [5.41, 5.74) is 0. The summed E-state index contributed by atoms with van der Waals surface area (Å²) < 4.78 is 52.0.